The van der Waals surface area contributed by atoms with Gasteiger partial charge in [0.25, 0.3) is 0 Å². The zero-order valence-corrected chi connectivity index (χ0v) is 13.7. The summed E-state index contributed by atoms with van der Waals surface area (Å²) in [4.78, 5) is 25.5. The highest BCUT2D eigenvalue weighted by Crippen LogP contribution is 2.21. The van der Waals surface area contributed by atoms with Crippen molar-refractivity contribution in [2.24, 2.45) is 0 Å². The molecule has 0 bridgehead atoms. The van der Waals surface area contributed by atoms with Crippen molar-refractivity contribution >= 4 is 17.6 Å². The number of carbonyl (C=O) groups is 1. The number of aliphatic carboxylic acids is 1. The van der Waals surface area contributed by atoms with Gasteiger partial charge in [-0.3, -0.25) is 9.78 Å². The van der Waals surface area contributed by atoms with Crippen LogP contribution < -0.4 is 10.2 Å². The molecule has 9 heteroatoms. The lowest BCUT2D eigenvalue weighted by molar-refractivity contribution is -0.136. The lowest BCUT2D eigenvalue weighted by atomic mass is 10.3. The van der Waals surface area contributed by atoms with Gasteiger partial charge in [-0.05, 0) is 12.1 Å². The second-order valence-corrected chi connectivity index (χ2v) is 5.15. The van der Waals surface area contributed by atoms with E-state index in [1.165, 1.54) is 0 Å². The van der Waals surface area contributed by atoms with E-state index >= 15 is 0 Å². The van der Waals surface area contributed by atoms with Crippen LogP contribution >= 0.6 is 0 Å². The van der Waals surface area contributed by atoms with Gasteiger partial charge in [-0.15, -0.1) is 0 Å². The second kappa shape index (κ2) is 9.50. The Balaban J connectivity index is 2.34. The van der Waals surface area contributed by atoms with Gasteiger partial charge >= 0.3 is 5.97 Å². The third-order valence-electron chi connectivity index (χ3n) is 3.32. The van der Waals surface area contributed by atoms with E-state index in [0.29, 0.717) is 36.2 Å². The quantitative estimate of drug-likeness (QED) is 0.476. The molecule has 0 fully saturated rings. The van der Waals surface area contributed by atoms with Crippen LogP contribution in [0.2, 0.25) is 0 Å². The van der Waals surface area contributed by atoms with Crippen LogP contribution in [0.3, 0.4) is 0 Å². The van der Waals surface area contributed by atoms with Crippen LogP contribution in [0.15, 0.2) is 30.5 Å². The Morgan fingerprint density at radius 1 is 1.16 bits per heavy atom. The van der Waals surface area contributed by atoms with E-state index in [0.717, 1.165) is 0 Å². The average molecular weight is 347 g/mol. The Labute approximate surface area is 145 Å². The molecule has 134 valence electrons. The van der Waals surface area contributed by atoms with E-state index in [1.807, 2.05) is 6.07 Å². The summed E-state index contributed by atoms with van der Waals surface area (Å²) in [7, 11) is 0. The molecule has 2 aromatic rings. The number of carboxylic acids is 1. The summed E-state index contributed by atoms with van der Waals surface area (Å²) in [6, 6.07) is 7.01. The summed E-state index contributed by atoms with van der Waals surface area (Å²) >= 11 is 0. The predicted molar refractivity (Wildman–Crippen MR) is 92.4 cm³/mol. The van der Waals surface area contributed by atoms with Crippen molar-refractivity contribution in [1.29, 1.82) is 0 Å². The molecule has 2 rings (SSSR count). The third kappa shape index (κ3) is 5.66. The SMILES string of the molecule is O=C(O)CCNc1cc(N(CCO)CCO)nc(-c2ccccn2)n1. The number of hydrogen-bond donors (Lipinski definition) is 4. The van der Waals surface area contributed by atoms with Gasteiger partial charge < -0.3 is 25.5 Å². The van der Waals surface area contributed by atoms with Gasteiger partial charge in [0, 0.05) is 31.9 Å². The van der Waals surface area contributed by atoms with Gasteiger partial charge in [0.2, 0.25) is 0 Å². The molecule has 0 radical (unpaired) electrons. The molecule has 0 saturated heterocycles. The normalized spacial score (nSPS) is 10.5. The summed E-state index contributed by atoms with van der Waals surface area (Å²) in [6.45, 7) is 0.629. The first kappa shape index (κ1) is 18.6. The number of anilines is 2. The molecule has 0 unspecified atom stereocenters. The number of aromatic nitrogens is 3. The number of rotatable bonds is 10. The van der Waals surface area contributed by atoms with Crippen molar-refractivity contribution < 1.29 is 20.1 Å². The monoisotopic (exact) mass is 347 g/mol. The average Bonchev–Trinajstić information content (AvgIpc) is 2.62. The Bertz CT molecular complexity index is 677. The lowest BCUT2D eigenvalue weighted by Crippen LogP contribution is -2.30. The van der Waals surface area contributed by atoms with Crippen molar-refractivity contribution in [2.75, 3.05) is 43.1 Å². The first-order chi connectivity index (χ1) is 12.1. The fourth-order valence-corrected chi connectivity index (χ4v) is 2.18. The standard InChI is InChI=1S/C16H21N5O4/c22-9-7-21(8-10-23)14-11-13(18-6-4-15(24)25)19-16(20-14)12-3-1-2-5-17-12/h1-3,5,11,22-23H,4,6-10H2,(H,24,25)(H,18,19,20). The molecular formula is C16H21N5O4. The predicted octanol–water partition coefficient (Wildman–Crippen LogP) is 0.216. The number of nitrogens with zero attached hydrogens (tertiary/aromatic N) is 4. The molecule has 0 aliphatic rings. The first-order valence-electron chi connectivity index (χ1n) is 7.87. The maximum absolute atomic E-state index is 10.7. The van der Waals surface area contributed by atoms with Crippen LogP contribution in [0.5, 0.6) is 0 Å². The summed E-state index contributed by atoms with van der Waals surface area (Å²) in [5.74, 6) is 0.426. The highest BCUT2D eigenvalue weighted by atomic mass is 16.4. The Hall–Kier alpha value is -2.78. The Morgan fingerprint density at radius 2 is 1.92 bits per heavy atom. The molecule has 0 spiro atoms. The molecular weight excluding hydrogens is 326 g/mol. The summed E-state index contributed by atoms with van der Waals surface area (Å²) in [5.41, 5.74) is 0.568. The van der Waals surface area contributed by atoms with E-state index in [1.54, 1.807) is 29.3 Å². The van der Waals surface area contributed by atoms with E-state index in [2.05, 4.69) is 20.3 Å². The van der Waals surface area contributed by atoms with Gasteiger partial charge in [-0.25, -0.2) is 9.97 Å². The molecule has 0 amide bonds. The maximum Gasteiger partial charge on any atom is 0.305 e. The minimum atomic E-state index is -0.908. The molecule has 0 aliphatic heterocycles. The molecule has 4 N–H and O–H groups in total. The van der Waals surface area contributed by atoms with Crippen LogP contribution in [-0.4, -0.2) is 69.1 Å². The maximum atomic E-state index is 10.7. The first-order valence-corrected chi connectivity index (χ1v) is 7.87. The number of pyridine rings is 1. The molecule has 0 aromatic carbocycles. The smallest absolute Gasteiger partial charge is 0.305 e. The Kier molecular flexibility index (Phi) is 7.05. The third-order valence-corrected chi connectivity index (χ3v) is 3.32. The van der Waals surface area contributed by atoms with Crippen molar-refractivity contribution in [3.63, 3.8) is 0 Å². The highest BCUT2D eigenvalue weighted by molar-refractivity contribution is 5.67. The molecule has 25 heavy (non-hydrogen) atoms. The van der Waals surface area contributed by atoms with Crippen LogP contribution in [0.25, 0.3) is 11.5 Å². The summed E-state index contributed by atoms with van der Waals surface area (Å²) < 4.78 is 0. The van der Waals surface area contributed by atoms with Crippen molar-refractivity contribution in [1.82, 2.24) is 15.0 Å². The zero-order chi connectivity index (χ0) is 18.1. The Morgan fingerprint density at radius 3 is 2.52 bits per heavy atom. The van der Waals surface area contributed by atoms with Crippen LogP contribution in [0, 0.1) is 0 Å². The minimum absolute atomic E-state index is 0.0464. The number of carboxylic acid groups (broad SMARTS) is 1. The lowest BCUT2D eigenvalue weighted by Gasteiger charge is -2.22. The number of hydrogen-bond acceptors (Lipinski definition) is 8. The molecule has 0 aliphatic carbocycles. The van der Waals surface area contributed by atoms with Crippen molar-refractivity contribution in [3.8, 4) is 11.5 Å². The molecule has 9 nitrogen and oxygen atoms in total. The van der Waals surface area contributed by atoms with Crippen LogP contribution in [-0.2, 0) is 4.79 Å². The van der Waals surface area contributed by atoms with Crippen molar-refractivity contribution in [2.45, 2.75) is 6.42 Å². The van der Waals surface area contributed by atoms with Gasteiger partial charge in [-0.1, -0.05) is 6.07 Å². The van der Waals surface area contributed by atoms with E-state index in [4.69, 9.17) is 5.11 Å². The van der Waals surface area contributed by atoms with Gasteiger partial charge in [-0.2, -0.15) is 0 Å². The fraction of sp³-hybridized carbons (Fsp3) is 0.375. The topological polar surface area (TPSA) is 132 Å². The number of nitrogens with one attached hydrogen (secondary N) is 1. The van der Waals surface area contributed by atoms with E-state index < -0.39 is 5.97 Å². The van der Waals surface area contributed by atoms with E-state index in [-0.39, 0.29) is 26.2 Å². The largest absolute Gasteiger partial charge is 0.481 e. The van der Waals surface area contributed by atoms with Crippen LogP contribution in [0.1, 0.15) is 6.42 Å². The summed E-state index contributed by atoms with van der Waals surface area (Å²) in [6.07, 6.45) is 1.58. The van der Waals surface area contributed by atoms with Gasteiger partial charge in [0.05, 0.1) is 19.6 Å². The minimum Gasteiger partial charge on any atom is -0.481 e. The number of aliphatic hydroxyl groups is 2. The molecule has 0 saturated carbocycles. The number of aliphatic hydroxyl groups excluding tert-OH is 2. The molecule has 0 atom stereocenters. The van der Waals surface area contributed by atoms with Gasteiger partial charge in [0.15, 0.2) is 5.82 Å². The fourth-order valence-electron chi connectivity index (χ4n) is 2.18. The van der Waals surface area contributed by atoms with Gasteiger partial charge in [0.1, 0.15) is 17.3 Å². The molecule has 2 heterocycles. The summed E-state index contributed by atoms with van der Waals surface area (Å²) in [5, 5.41) is 30.2. The zero-order valence-electron chi connectivity index (χ0n) is 13.7. The van der Waals surface area contributed by atoms with Crippen LogP contribution in [0.4, 0.5) is 11.6 Å². The van der Waals surface area contributed by atoms with E-state index in [9.17, 15) is 15.0 Å². The highest BCUT2D eigenvalue weighted by Gasteiger charge is 2.13. The second-order valence-electron chi connectivity index (χ2n) is 5.15. The van der Waals surface area contributed by atoms with Crippen molar-refractivity contribution in [3.05, 3.63) is 30.5 Å². The molecule has 2 aromatic heterocycles.